The van der Waals surface area contributed by atoms with Crippen LogP contribution in [0, 0.1) is 11.8 Å². The number of ether oxygens (including phenoxy) is 1. The van der Waals surface area contributed by atoms with Gasteiger partial charge in [-0.3, -0.25) is 4.98 Å². The molecule has 0 N–H and O–H groups in total. The molecule has 3 heteroatoms. The molecule has 1 spiro atoms. The summed E-state index contributed by atoms with van der Waals surface area (Å²) >= 11 is 0. The fourth-order valence-electron chi connectivity index (χ4n) is 8.84. The van der Waals surface area contributed by atoms with E-state index in [1.54, 1.807) is 5.57 Å². The minimum atomic E-state index is -0.242. The Hall–Kier alpha value is -5.28. The summed E-state index contributed by atoms with van der Waals surface area (Å²) in [6.45, 7) is 0. The van der Waals surface area contributed by atoms with Crippen LogP contribution < -0.4 is 15.3 Å². The number of nitrogens with zero attached hydrogens (tertiary/aromatic N) is 2. The molecule has 0 fully saturated rings. The van der Waals surface area contributed by atoms with Gasteiger partial charge in [0.2, 0.25) is 0 Å². The minimum Gasteiger partial charge on any atom is -0.485 e. The average molecular weight is 593 g/mol. The van der Waals surface area contributed by atoms with E-state index in [1.165, 1.54) is 38.6 Å². The third-order valence-electron chi connectivity index (χ3n) is 10.8. The summed E-state index contributed by atoms with van der Waals surface area (Å²) < 4.78 is 6.89. The topological polar surface area (TPSA) is 34.5 Å². The number of hydrogen-bond acceptors (Lipinski definition) is 3. The molecular weight excluding hydrogens is 560 g/mol. The van der Waals surface area contributed by atoms with Gasteiger partial charge < -0.3 is 4.74 Å². The smallest absolute Gasteiger partial charge is 0.125 e. The molecule has 0 saturated heterocycles. The van der Waals surface area contributed by atoms with E-state index in [0.29, 0.717) is 0 Å². The maximum atomic E-state index is 6.89. The molecule has 0 bridgehead atoms. The Morgan fingerprint density at radius 1 is 0.804 bits per heavy atom. The second-order valence-electron chi connectivity index (χ2n) is 13.1. The molecule has 4 unspecified atom stereocenters. The third kappa shape index (κ3) is 3.60. The number of pyridine rings is 1. The van der Waals surface area contributed by atoms with Gasteiger partial charge in [-0.05, 0) is 88.2 Å². The van der Waals surface area contributed by atoms with Crippen LogP contribution in [-0.2, 0) is 5.41 Å². The molecule has 46 heavy (non-hydrogen) atoms. The van der Waals surface area contributed by atoms with Gasteiger partial charge in [-0.2, -0.15) is 0 Å². The van der Waals surface area contributed by atoms with Crippen molar-refractivity contribution in [2.24, 2.45) is 16.8 Å². The van der Waals surface area contributed by atoms with Crippen LogP contribution in [0.3, 0.4) is 0 Å². The monoisotopic (exact) mass is 592 g/mol. The van der Waals surface area contributed by atoms with Crippen LogP contribution in [0.4, 0.5) is 0 Å². The van der Waals surface area contributed by atoms with Crippen LogP contribution in [0.5, 0.6) is 5.75 Å². The van der Waals surface area contributed by atoms with E-state index in [1.807, 2.05) is 12.3 Å². The number of fused-ring (bicyclic) bond motifs is 10. The van der Waals surface area contributed by atoms with E-state index in [-0.39, 0.29) is 23.4 Å². The van der Waals surface area contributed by atoms with Gasteiger partial charge in [-0.15, -0.1) is 0 Å². The van der Waals surface area contributed by atoms with Gasteiger partial charge in [0.1, 0.15) is 11.9 Å². The molecule has 3 nitrogen and oxygen atoms in total. The van der Waals surface area contributed by atoms with Crippen molar-refractivity contribution in [2.75, 3.05) is 0 Å². The van der Waals surface area contributed by atoms with Crippen molar-refractivity contribution in [3.8, 4) is 5.75 Å². The lowest BCUT2D eigenvalue weighted by Gasteiger charge is -2.49. The van der Waals surface area contributed by atoms with E-state index < -0.39 is 0 Å². The van der Waals surface area contributed by atoms with Crippen LogP contribution >= 0.6 is 0 Å². The molecule has 220 valence electrons. The molecule has 6 aliphatic rings. The molecule has 4 atom stereocenters. The maximum absolute atomic E-state index is 6.89. The molecule has 3 heterocycles. The second-order valence-corrected chi connectivity index (χ2v) is 13.1. The summed E-state index contributed by atoms with van der Waals surface area (Å²) in [6, 6.07) is 30.7. The zero-order valence-corrected chi connectivity index (χ0v) is 25.4. The predicted molar refractivity (Wildman–Crippen MR) is 186 cm³/mol. The highest BCUT2D eigenvalue weighted by Gasteiger charge is 2.56. The number of allylic oxidation sites excluding steroid dienone is 7. The number of hydrogen-bond donors (Lipinski definition) is 0. The normalized spacial score (nSPS) is 26.1. The Labute approximate surface area is 268 Å². The number of dihydropyridines is 1. The predicted octanol–water partition coefficient (Wildman–Crippen LogP) is 7.48. The zero-order chi connectivity index (χ0) is 30.2. The molecule has 1 aromatic heterocycles. The van der Waals surface area contributed by atoms with E-state index >= 15 is 0 Å². The molecule has 2 aliphatic heterocycles. The van der Waals surface area contributed by atoms with Gasteiger partial charge in [0.15, 0.2) is 0 Å². The molecule has 0 radical (unpaired) electrons. The highest BCUT2D eigenvalue weighted by atomic mass is 16.5. The molecule has 4 aliphatic carbocycles. The zero-order valence-electron chi connectivity index (χ0n) is 25.4. The number of rotatable bonds is 2. The van der Waals surface area contributed by atoms with E-state index in [4.69, 9.17) is 14.7 Å². The lowest BCUT2D eigenvalue weighted by Crippen LogP contribution is -2.48. The van der Waals surface area contributed by atoms with Crippen molar-refractivity contribution in [1.82, 2.24) is 4.98 Å². The standard InChI is InChI=1S/C43H32N2O/c1-3-14-34-32(12-1)33-13-2-4-15-35(33)43(34)36-16-5-6-17-39(36)46-40-26-30(20-22-37(40)43)29-9-7-10-31(25-29)38-23-21-28-19-18-27-11-8-24-44-41(27)42(28)45-38/h1-3,5-14,16-18,20-26,28,37,40H,4,15,19H2. The minimum absolute atomic E-state index is 0.0892. The molecule has 3 aromatic carbocycles. The van der Waals surface area contributed by atoms with Crippen molar-refractivity contribution >= 4 is 28.6 Å². The van der Waals surface area contributed by atoms with Gasteiger partial charge >= 0.3 is 0 Å². The van der Waals surface area contributed by atoms with Crippen molar-refractivity contribution in [2.45, 2.75) is 30.8 Å². The molecule has 4 aromatic rings. The van der Waals surface area contributed by atoms with E-state index in [2.05, 4.69) is 127 Å². The van der Waals surface area contributed by atoms with Gasteiger partial charge in [-0.25, -0.2) is 4.99 Å². The summed E-state index contributed by atoms with van der Waals surface area (Å²) in [5, 5.41) is 2.18. The third-order valence-corrected chi connectivity index (χ3v) is 10.8. The Morgan fingerprint density at radius 2 is 1.70 bits per heavy atom. The molecule has 10 rings (SSSR count). The number of para-hydroxylation sites is 1. The lowest BCUT2D eigenvalue weighted by atomic mass is 9.58. The van der Waals surface area contributed by atoms with Crippen LogP contribution in [0.25, 0.3) is 22.9 Å². The summed E-state index contributed by atoms with van der Waals surface area (Å²) in [7, 11) is 0. The second kappa shape index (κ2) is 9.86. The van der Waals surface area contributed by atoms with Crippen LogP contribution in [0.2, 0.25) is 0 Å². The summed E-state index contributed by atoms with van der Waals surface area (Å²) in [4.78, 5) is 9.89. The largest absolute Gasteiger partial charge is 0.485 e. The first-order valence-corrected chi connectivity index (χ1v) is 16.5. The Morgan fingerprint density at radius 3 is 2.67 bits per heavy atom. The first kappa shape index (κ1) is 26.0. The molecule has 0 saturated carbocycles. The van der Waals surface area contributed by atoms with Crippen molar-refractivity contribution in [3.05, 3.63) is 178 Å². The summed E-state index contributed by atoms with van der Waals surface area (Å²) in [5.41, 5.74) is 12.3. The van der Waals surface area contributed by atoms with Gasteiger partial charge in [0, 0.05) is 29.2 Å². The van der Waals surface area contributed by atoms with Crippen molar-refractivity contribution in [3.63, 3.8) is 0 Å². The van der Waals surface area contributed by atoms with Crippen LogP contribution in [0.15, 0.2) is 144 Å². The Balaban J connectivity index is 1.08. The lowest BCUT2D eigenvalue weighted by molar-refractivity contribution is 0.139. The SMILES string of the molecule is C1=CC2=C(CC1)C1(c3ccccc3OC3C=C(c4cccc(C5=NC6=c7ncccc7=CCC6C=C5)c4)C=CC31)c1ccccc12. The fourth-order valence-corrected chi connectivity index (χ4v) is 8.84. The number of aliphatic imine (C=N–C) groups is 1. The highest BCUT2D eigenvalue weighted by Crippen LogP contribution is 2.62. The summed E-state index contributed by atoms with van der Waals surface area (Å²) in [6.07, 6.45) is 23.5. The quantitative estimate of drug-likeness (QED) is 0.242. The number of aromatic nitrogens is 1. The highest BCUT2D eigenvalue weighted by molar-refractivity contribution is 6.12. The first-order chi connectivity index (χ1) is 22.8. The fraction of sp³-hybridized carbons (Fsp3) is 0.163. The van der Waals surface area contributed by atoms with Crippen LogP contribution in [-0.4, -0.2) is 16.8 Å². The van der Waals surface area contributed by atoms with Gasteiger partial charge in [0.25, 0.3) is 0 Å². The Kier molecular flexibility index (Phi) is 5.57. The molecular formula is C43H32N2O. The van der Waals surface area contributed by atoms with Gasteiger partial charge in [-0.1, -0.05) is 103 Å². The number of benzene rings is 3. The van der Waals surface area contributed by atoms with E-state index in [0.717, 1.165) is 47.3 Å². The molecule has 0 amide bonds. The van der Waals surface area contributed by atoms with Crippen LogP contribution in [0.1, 0.15) is 47.1 Å². The van der Waals surface area contributed by atoms with E-state index in [9.17, 15) is 0 Å². The van der Waals surface area contributed by atoms with Crippen molar-refractivity contribution < 1.29 is 4.74 Å². The summed E-state index contributed by atoms with van der Waals surface area (Å²) in [5.74, 6) is 1.43. The Bertz CT molecular complexity index is 2300. The first-order valence-electron chi connectivity index (χ1n) is 16.5. The average Bonchev–Trinajstić information content (AvgIpc) is 3.42. The maximum Gasteiger partial charge on any atom is 0.125 e. The van der Waals surface area contributed by atoms with Crippen molar-refractivity contribution in [1.29, 1.82) is 0 Å². The van der Waals surface area contributed by atoms with Gasteiger partial charge in [0.05, 0.1) is 22.2 Å².